The number of anilines is 2. The minimum atomic E-state index is -3.44. The molecule has 8 heteroatoms. The van der Waals surface area contributed by atoms with Crippen LogP contribution in [0.4, 0.5) is 11.8 Å². The molecule has 2 aromatic rings. The maximum atomic E-state index is 12.1. The van der Waals surface area contributed by atoms with E-state index in [9.17, 15) is 8.42 Å². The Kier molecular flexibility index (Phi) is 3.95. The van der Waals surface area contributed by atoms with Crippen molar-refractivity contribution < 1.29 is 8.42 Å². The third-order valence-corrected chi connectivity index (χ3v) is 5.43. The minimum absolute atomic E-state index is 0.190. The first-order valence-electron chi connectivity index (χ1n) is 7.30. The van der Waals surface area contributed by atoms with Crippen molar-refractivity contribution >= 4 is 21.8 Å². The van der Waals surface area contributed by atoms with Crippen LogP contribution in [0.1, 0.15) is 12.8 Å². The standard InChI is InChI=1S/C15H19N5O2S/c1-20(2)23(21,22)12-7-3-10(4-8-12)13-9-14(17-11-5-6-11)19-15(16)18-13/h3-4,7-9,11H,5-6H2,1-2H3,(H3,16,17,18,19). The van der Waals surface area contributed by atoms with Gasteiger partial charge in [0.05, 0.1) is 10.6 Å². The van der Waals surface area contributed by atoms with E-state index in [2.05, 4.69) is 15.3 Å². The van der Waals surface area contributed by atoms with Crippen LogP contribution < -0.4 is 11.1 Å². The summed E-state index contributed by atoms with van der Waals surface area (Å²) in [5.41, 5.74) is 7.22. The lowest BCUT2D eigenvalue weighted by molar-refractivity contribution is 0.521. The summed E-state index contributed by atoms with van der Waals surface area (Å²) in [7, 11) is -0.428. The molecule has 0 aliphatic heterocycles. The Morgan fingerprint density at radius 1 is 1.17 bits per heavy atom. The van der Waals surface area contributed by atoms with Gasteiger partial charge in [0, 0.05) is 31.8 Å². The Labute approximate surface area is 135 Å². The molecule has 3 rings (SSSR count). The second kappa shape index (κ2) is 5.78. The predicted molar refractivity (Wildman–Crippen MR) is 89.4 cm³/mol. The van der Waals surface area contributed by atoms with E-state index in [4.69, 9.17) is 5.73 Å². The molecule has 0 saturated heterocycles. The number of rotatable bonds is 5. The van der Waals surface area contributed by atoms with E-state index >= 15 is 0 Å². The number of nitrogens with zero attached hydrogens (tertiary/aromatic N) is 3. The molecule has 1 aliphatic carbocycles. The fourth-order valence-corrected chi connectivity index (χ4v) is 3.03. The third-order valence-electron chi connectivity index (χ3n) is 3.60. The second-order valence-corrected chi connectivity index (χ2v) is 7.88. The van der Waals surface area contributed by atoms with Gasteiger partial charge in [0.2, 0.25) is 16.0 Å². The monoisotopic (exact) mass is 333 g/mol. The van der Waals surface area contributed by atoms with E-state index in [0.717, 1.165) is 18.4 Å². The highest BCUT2D eigenvalue weighted by molar-refractivity contribution is 7.89. The maximum absolute atomic E-state index is 12.1. The molecular formula is C15H19N5O2S. The van der Waals surface area contributed by atoms with Crippen LogP contribution in [0.25, 0.3) is 11.3 Å². The van der Waals surface area contributed by atoms with Crippen molar-refractivity contribution in [3.8, 4) is 11.3 Å². The van der Waals surface area contributed by atoms with Crippen molar-refractivity contribution in [2.75, 3.05) is 25.1 Å². The van der Waals surface area contributed by atoms with Crippen LogP contribution in [0, 0.1) is 0 Å². The summed E-state index contributed by atoms with van der Waals surface area (Å²) >= 11 is 0. The fraction of sp³-hybridized carbons (Fsp3) is 0.333. The molecule has 0 radical (unpaired) electrons. The van der Waals surface area contributed by atoms with Gasteiger partial charge in [0.25, 0.3) is 0 Å². The summed E-state index contributed by atoms with van der Waals surface area (Å²) in [6.07, 6.45) is 2.27. The molecule has 0 unspecified atom stereocenters. The molecule has 3 N–H and O–H groups in total. The predicted octanol–water partition coefficient (Wildman–Crippen LogP) is 1.55. The van der Waals surface area contributed by atoms with Gasteiger partial charge in [-0.05, 0) is 25.0 Å². The van der Waals surface area contributed by atoms with Crippen LogP contribution in [0.5, 0.6) is 0 Å². The summed E-state index contributed by atoms with van der Waals surface area (Å²) in [6.45, 7) is 0. The molecule has 1 fully saturated rings. The second-order valence-electron chi connectivity index (χ2n) is 5.73. The summed E-state index contributed by atoms with van der Waals surface area (Å²) in [5.74, 6) is 0.885. The van der Waals surface area contributed by atoms with Gasteiger partial charge in [-0.3, -0.25) is 0 Å². The Bertz CT molecular complexity index is 814. The third kappa shape index (κ3) is 3.43. The van der Waals surface area contributed by atoms with Crippen LogP contribution in [-0.2, 0) is 10.0 Å². The van der Waals surface area contributed by atoms with E-state index in [1.54, 1.807) is 24.3 Å². The van der Waals surface area contributed by atoms with Crippen LogP contribution in [-0.4, -0.2) is 42.8 Å². The Hall–Kier alpha value is -2.19. The smallest absolute Gasteiger partial charge is 0.242 e. The van der Waals surface area contributed by atoms with Gasteiger partial charge in [0.15, 0.2) is 0 Å². The normalized spacial score (nSPS) is 14.9. The lowest BCUT2D eigenvalue weighted by atomic mass is 10.1. The van der Waals surface area contributed by atoms with Gasteiger partial charge in [-0.25, -0.2) is 17.7 Å². The SMILES string of the molecule is CN(C)S(=O)(=O)c1ccc(-c2cc(NC3CC3)nc(N)n2)cc1. The number of hydrogen-bond donors (Lipinski definition) is 2. The fourth-order valence-electron chi connectivity index (χ4n) is 2.13. The molecule has 0 atom stereocenters. The van der Waals surface area contributed by atoms with Crippen molar-refractivity contribution in [3.05, 3.63) is 30.3 Å². The quantitative estimate of drug-likeness (QED) is 0.861. The first-order valence-corrected chi connectivity index (χ1v) is 8.74. The highest BCUT2D eigenvalue weighted by atomic mass is 32.2. The lowest BCUT2D eigenvalue weighted by Gasteiger charge is -2.12. The minimum Gasteiger partial charge on any atom is -0.368 e. The van der Waals surface area contributed by atoms with Crippen LogP contribution >= 0.6 is 0 Å². The molecule has 0 spiro atoms. The molecule has 1 aromatic carbocycles. The number of nitrogens with one attached hydrogen (secondary N) is 1. The van der Waals surface area contributed by atoms with E-state index in [0.29, 0.717) is 17.6 Å². The average Bonchev–Trinajstić information content (AvgIpc) is 3.30. The van der Waals surface area contributed by atoms with Gasteiger partial charge < -0.3 is 11.1 Å². The number of hydrogen-bond acceptors (Lipinski definition) is 6. The summed E-state index contributed by atoms with van der Waals surface area (Å²) in [5, 5.41) is 3.28. The summed E-state index contributed by atoms with van der Waals surface area (Å²) < 4.78 is 25.4. The molecule has 122 valence electrons. The van der Waals surface area contributed by atoms with Crippen molar-refractivity contribution in [2.45, 2.75) is 23.8 Å². The zero-order chi connectivity index (χ0) is 16.6. The summed E-state index contributed by atoms with van der Waals surface area (Å²) in [4.78, 5) is 8.64. The zero-order valence-electron chi connectivity index (χ0n) is 13.0. The molecule has 1 aromatic heterocycles. The van der Waals surface area contributed by atoms with Crippen LogP contribution in [0.15, 0.2) is 35.2 Å². The largest absolute Gasteiger partial charge is 0.368 e. The first-order chi connectivity index (χ1) is 10.9. The lowest BCUT2D eigenvalue weighted by Crippen LogP contribution is -2.22. The topological polar surface area (TPSA) is 101 Å². The number of benzene rings is 1. The van der Waals surface area contributed by atoms with Crippen molar-refractivity contribution in [1.29, 1.82) is 0 Å². The maximum Gasteiger partial charge on any atom is 0.242 e. The first kappa shape index (κ1) is 15.7. The molecule has 7 nitrogen and oxygen atoms in total. The van der Waals surface area contributed by atoms with Gasteiger partial charge in [-0.15, -0.1) is 0 Å². The van der Waals surface area contributed by atoms with Crippen molar-refractivity contribution in [2.24, 2.45) is 0 Å². The number of sulfonamides is 1. The van der Waals surface area contributed by atoms with Crippen LogP contribution in [0.2, 0.25) is 0 Å². The van der Waals surface area contributed by atoms with E-state index in [1.807, 2.05) is 6.07 Å². The zero-order valence-corrected chi connectivity index (χ0v) is 13.8. The van der Waals surface area contributed by atoms with E-state index in [-0.39, 0.29) is 10.8 Å². The molecular weight excluding hydrogens is 314 g/mol. The van der Waals surface area contributed by atoms with E-state index < -0.39 is 10.0 Å². The molecule has 0 bridgehead atoms. The molecule has 1 saturated carbocycles. The Balaban J connectivity index is 1.91. The highest BCUT2D eigenvalue weighted by Gasteiger charge is 2.22. The van der Waals surface area contributed by atoms with Gasteiger partial charge in [0.1, 0.15) is 5.82 Å². The number of nitrogen functional groups attached to an aromatic ring is 1. The molecule has 23 heavy (non-hydrogen) atoms. The Morgan fingerprint density at radius 2 is 1.83 bits per heavy atom. The average molecular weight is 333 g/mol. The summed E-state index contributed by atoms with van der Waals surface area (Å²) in [6, 6.07) is 8.86. The number of aromatic nitrogens is 2. The molecule has 1 heterocycles. The highest BCUT2D eigenvalue weighted by Crippen LogP contribution is 2.27. The van der Waals surface area contributed by atoms with E-state index in [1.165, 1.54) is 18.4 Å². The molecule has 0 amide bonds. The van der Waals surface area contributed by atoms with Crippen LogP contribution in [0.3, 0.4) is 0 Å². The molecule has 1 aliphatic rings. The van der Waals surface area contributed by atoms with Crippen molar-refractivity contribution in [3.63, 3.8) is 0 Å². The van der Waals surface area contributed by atoms with Gasteiger partial charge in [-0.1, -0.05) is 12.1 Å². The van der Waals surface area contributed by atoms with Gasteiger partial charge >= 0.3 is 0 Å². The van der Waals surface area contributed by atoms with Gasteiger partial charge in [-0.2, -0.15) is 4.98 Å². The van der Waals surface area contributed by atoms with Crippen molar-refractivity contribution in [1.82, 2.24) is 14.3 Å². The number of nitrogens with two attached hydrogens (primary N) is 1. The Morgan fingerprint density at radius 3 is 2.39 bits per heavy atom.